The molecule has 9 heteroatoms. The van der Waals surface area contributed by atoms with Crippen molar-refractivity contribution in [3.63, 3.8) is 0 Å². The Labute approximate surface area is 220 Å². The van der Waals surface area contributed by atoms with E-state index in [1.807, 2.05) is 19.1 Å². The van der Waals surface area contributed by atoms with Crippen molar-refractivity contribution in [1.29, 1.82) is 0 Å². The molecule has 1 atom stereocenters. The number of rotatable bonds is 6. The van der Waals surface area contributed by atoms with E-state index >= 15 is 4.39 Å². The van der Waals surface area contributed by atoms with Crippen LogP contribution in [-0.4, -0.2) is 53.4 Å². The Bertz CT molecular complexity index is 1470. The highest BCUT2D eigenvalue weighted by molar-refractivity contribution is 5.90. The van der Waals surface area contributed by atoms with Crippen LogP contribution in [0.4, 0.5) is 25.8 Å². The van der Waals surface area contributed by atoms with Crippen LogP contribution in [0.15, 0.2) is 48.7 Å². The Kier molecular flexibility index (Phi) is 6.61. The summed E-state index contributed by atoms with van der Waals surface area (Å²) in [5.41, 5.74) is 9.58. The van der Waals surface area contributed by atoms with Crippen LogP contribution in [0.25, 0.3) is 28.2 Å². The number of benzene rings is 2. The fourth-order valence-corrected chi connectivity index (χ4v) is 5.65. The summed E-state index contributed by atoms with van der Waals surface area (Å²) in [7, 11) is 0. The summed E-state index contributed by atoms with van der Waals surface area (Å²) in [6.45, 7) is 6.06. The number of nitrogens with two attached hydrogens (primary N) is 1. The first kappa shape index (κ1) is 24.6. The number of halogens is 2. The van der Waals surface area contributed by atoms with E-state index in [0.29, 0.717) is 34.8 Å². The summed E-state index contributed by atoms with van der Waals surface area (Å²) < 4.78 is 37.9. The quantitative estimate of drug-likeness (QED) is 0.337. The van der Waals surface area contributed by atoms with Gasteiger partial charge in [0.2, 0.25) is 0 Å². The molecule has 2 aliphatic heterocycles. The number of imidazole rings is 1. The van der Waals surface area contributed by atoms with Crippen molar-refractivity contribution >= 4 is 28.2 Å². The molecule has 2 N–H and O–H groups in total. The number of ether oxygens (including phenoxy) is 1. The highest BCUT2D eigenvalue weighted by atomic mass is 19.1. The molecular weight excluding hydrogens is 486 g/mol. The van der Waals surface area contributed by atoms with Crippen LogP contribution >= 0.6 is 0 Å². The van der Waals surface area contributed by atoms with Crippen LogP contribution in [0.5, 0.6) is 0 Å². The lowest BCUT2D eigenvalue weighted by molar-refractivity contribution is 0.0787. The van der Waals surface area contributed by atoms with Crippen molar-refractivity contribution in [3.05, 3.63) is 60.3 Å². The van der Waals surface area contributed by atoms with E-state index in [4.69, 9.17) is 15.5 Å². The molecule has 1 unspecified atom stereocenters. The van der Waals surface area contributed by atoms with E-state index < -0.39 is 11.6 Å². The molecule has 2 saturated heterocycles. The minimum atomic E-state index is -0.543. The number of nitrogens with zero attached hydrogens (tertiary/aromatic N) is 5. The lowest BCUT2D eigenvalue weighted by atomic mass is 10.1. The number of hydrogen-bond acceptors (Lipinski definition) is 6. The van der Waals surface area contributed by atoms with Crippen molar-refractivity contribution in [2.75, 3.05) is 48.3 Å². The molecule has 0 saturated carbocycles. The Morgan fingerprint density at radius 1 is 0.947 bits per heavy atom. The maximum absolute atomic E-state index is 15.9. The van der Waals surface area contributed by atoms with Gasteiger partial charge in [-0.15, -0.1) is 0 Å². The van der Waals surface area contributed by atoms with Gasteiger partial charge >= 0.3 is 0 Å². The highest BCUT2D eigenvalue weighted by Gasteiger charge is 2.26. The van der Waals surface area contributed by atoms with Gasteiger partial charge in [0.1, 0.15) is 23.0 Å². The first-order valence-corrected chi connectivity index (χ1v) is 13.4. The van der Waals surface area contributed by atoms with Crippen LogP contribution in [0.1, 0.15) is 32.6 Å². The van der Waals surface area contributed by atoms with E-state index in [-0.39, 0.29) is 11.8 Å². The molecule has 4 aromatic rings. The largest absolute Gasteiger partial charge is 0.396 e. The average molecular weight is 519 g/mol. The van der Waals surface area contributed by atoms with Crippen molar-refractivity contribution in [2.45, 2.75) is 38.7 Å². The Morgan fingerprint density at radius 3 is 2.55 bits per heavy atom. The first-order chi connectivity index (χ1) is 18.5. The zero-order chi connectivity index (χ0) is 26.2. The van der Waals surface area contributed by atoms with E-state index in [1.165, 1.54) is 18.6 Å². The predicted molar refractivity (Wildman–Crippen MR) is 147 cm³/mol. The van der Waals surface area contributed by atoms with Crippen LogP contribution in [-0.2, 0) is 4.74 Å². The summed E-state index contributed by atoms with van der Waals surface area (Å²) in [5, 5.41) is 0. The van der Waals surface area contributed by atoms with Gasteiger partial charge in [-0.2, -0.15) is 0 Å². The molecule has 38 heavy (non-hydrogen) atoms. The van der Waals surface area contributed by atoms with E-state index in [1.54, 1.807) is 29.0 Å². The number of fused-ring (bicyclic) bond motifs is 1. The third-order valence-corrected chi connectivity index (χ3v) is 7.57. The zero-order valence-electron chi connectivity index (χ0n) is 21.5. The molecule has 0 bridgehead atoms. The molecule has 2 aromatic carbocycles. The van der Waals surface area contributed by atoms with Gasteiger partial charge in [0.25, 0.3) is 0 Å². The smallest absolute Gasteiger partial charge is 0.167 e. The molecular formula is C29H32F2N6O. The van der Waals surface area contributed by atoms with Gasteiger partial charge in [-0.05, 0) is 75.1 Å². The third-order valence-electron chi connectivity index (χ3n) is 7.57. The summed E-state index contributed by atoms with van der Waals surface area (Å²) >= 11 is 0. The maximum Gasteiger partial charge on any atom is 0.167 e. The molecule has 7 nitrogen and oxygen atoms in total. The fourth-order valence-electron chi connectivity index (χ4n) is 5.65. The van der Waals surface area contributed by atoms with Gasteiger partial charge in [0, 0.05) is 50.2 Å². The van der Waals surface area contributed by atoms with Gasteiger partial charge in [-0.1, -0.05) is 0 Å². The van der Waals surface area contributed by atoms with Crippen molar-refractivity contribution < 1.29 is 13.5 Å². The van der Waals surface area contributed by atoms with E-state index in [0.717, 1.165) is 56.8 Å². The predicted octanol–water partition coefficient (Wildman–Crippen LogP) is 5.55. The summed E-state index contributed by atoms with van der Waals surface area (Å²) in [6, 6.07) is 11.7. The van der Waals surface area contributed by atoms with Gasteiger partial charge in [-0.3, -0.25) is 4.57 Å². The lowest BCUT2D eigenvalue weighted by Gasteiger charge is -2.28. The van der Waals surface area contributed by atoms with Crippen molar-refractivity contribution in [1.82, 2.24) is 14.5 Å². The number of hydrogen-bond donors (Lipinski definition) is 1. The molecule has 4 heterocycles. The molecule has 198 valence electrons. The molecule has 2 aromatic heterocycles. The van der Waals surface area contributed by atoms with Gasteiger partial charge < -0.3 is 20.3 Å². The molecule has 2 aliphatic rings. The van der Waals surface area contributed by atoms with Crippen molar-refractivity contribution in [2.24, 2.45) is 0 Å². The molecule has 0 spiro atoms. The van der Waals surface area contributed by atoms with Crippen LogP contribution in [0.2, 0.25) is 0 Å². The van der Waals surface area contributed by atoms with Crippen LogP contribution in [0.3, 0.4) is 0 Å². The normalized spacial score (nSPS) is 18.0. The molecule has 0 radical (unpaired) electrons. The van der Waals surface area contributed by atoms with Gasteiger partial charge in [0.15, 0.2) is 5.65 Å². The first-order valence-electron chi connectivity index (χ1n) is 13.4. The summed E-state index contributed by atoms with van der Waals surface area (Å²) in [6.07, 6.45) is 6.23. The Balaban J connectivity index is 1.48. The average Bonchev–Trinajstić information content (AvgIpc) is 3.56. The minimum Gasteiger partial charge on any atom is -0.396 e. The second kappa shape index (κ2) is 10.2. The summed E-state index contributed by atoms with van der Waals surface area (Å²) in [5.74, 6) is -0.525. The van der Waals surface area contributed by atoms with E-state index in [2.05, 4.69) is 14.8 Å². The zero-order valence-corrected chi connectivity index (χ0v) is 21.5. The fraction of sp³-hybridized carbons (Fsp3) is 0.379. The monoisotopic (exact) mass is 518 g/mol. The second-order valence-corrected chi connectivity index (χ2v) is 10.0. The minimum absolute atomic E-state index is 0.0510. The van der Waals surface area contributed by atoms with Crippen molar-refractivity contribution in [3.8, 4) is 17.1 Å². The Hall–Kier alpha value is -3.72. The standard InChI is InChI=1S/C29H32F2N6O/c1-2-38-21-11-15-36(18-21)20-7-9-25(23(31)17-20)37-28(19-6-8-24(32)22(30)16-19)34-27-26(10-12-33-29(27)37)35-13-4-3-5-14-35/h6-10,12,16-17,21H,2-5,11,13-15,18,32H2,1H3. The number of aromatic nitrogens is 3. The topological polar surface area (TPSA) is 72.4 Å². The van der Waals surface area contributed by atoms with Gasteiger partial charge in [-0.25, -0.2) is 18.7 Å². The SMILES string of the molecule is CCOC1CCN(c2ccc(-n3c(-c4ccc(N)c(F)c4)nc4c(N5CCCCC5)ccnc43)c(F)c2)C1. The summed E-state index contributed by atoms with van der Waals surface area (Å²) in [4.78, 5) is 14.0. The van der Waals surface area contributed by atoms with Crippen LogP contribution < -0.4 is 15.5 Å². The number of nitrogen functional groups attached to an aromatic ring is 1. The van der Waals surface area contributed by atoms with Crippen LogP contribution in [0, 0.1) is 11.6 Å². The molecule has 0 aliphatic carbocycles. The third kappa shape index (κ3) is 4.45. The second-order valence-electron chi connectivity index (χ2n) is 10.0. The van der Waals surface area contributed by atoms with Gasteiger partial charge in [0.05, 0.1) is 23.2 Å². The Morgan fingerprint density at radius 2 is 1.79 bits per heavy atom. The number of piperidine rings is 1. The molecule has 2 fully saturated rings. The maximum atomic E-state index is 15.9. The lowest BCUT2D eigenvalue weighted by Crippen LogP contribution is -2.29. The molecule has 0 amide bonds. The van der Waals surface area contributed by atoms with E-state index in [9.17, 15) is 4.39 Å². The number of anilines is 3. The number of pyridine rings is 1. The highest BCUT2D eigenvalue weighted by Crippen LogP contribution is 2.36. The molecule has 6 rings (SSSR count).